The van der Waals surface area contributed by atoms with Crippen molar-refractivity contribution < 1.29 is 9.90 Å². The predicted octanol–water partition coefficient (Wildman–Crippen LogP) is 2.56. The first-order valence-electron chi connectivity index (χ1n) is 8.80. The molecule has 2 aromatic rings. The van der Waals surface area contributed by atoms with Crippen LogP contribution in [0.4, 0.5) is 0 Å². The Morgan fingerprint density at radius 3 is 3.00 bits per heavy atom. The van der Waals surface area contributed by atoms with Crippen LogP contribution >= 0.6 is 0 Å². The molecular formula is C20H17N3O3. The van der Waals surface area contributed by atoms with E-state index >= 15 is 0 Å². The zero-order chi connectivity index (χ0) is 17.9. The Labute approximate surface area is 149 Å². The standard InChI is InChI=1S/C20H17N3O3/c24-18-14-6-3-4-12(10-13-5-1-2-9-21-13)17(14)22-16-7-8-20(19(25)26)11-15(20)23(16)18/h1-2,5,7-10,15H,3-4,6,11H2,(H,25,26). The van der Waals surface area contributed by atoms with Crippen molar-refractivity contribution >= 4 is 23.7 Å². The quantitative estimate of drug-likeness (QED) is 0.902. The number of carbonyl (C=O) groups is 1. The smallest absolute Gasteiger partial charge is 0.315 e. The van der Waals surface area contributed by atoms with Gasteiger partial charge in [0, 0.05) is 11.8 Å². The molecule has 0 amide bonds. The number of carboxylic acid groups (broad SMARTS) is 1. The number of hydrogen-bond acceptors (Lipinski definition) is 4. The fraction of sp³-hybridized carbons (Fsp3) is 0.300. The van der Waals surface area contributed by atoms with E-state index in [9.17, 15) is 14.7 Å². The first kappa shape index (κ1) is 15.3. The lowest BCUT2D eigenvalue weighted by Gasteiger charge is -2.23. The van der Waals surface area contributed by atoms with Crippen LogP contribution in [0.15, 0.2) is 35.3 Å². The van der Waals surface area contributed by atoms with Gasteiger partial charge in [-0.15, -0.1) is 0 Å². The summed E-state index contributed by atoms with van der Waals surface area (Å²) >= 11 is 0. The number of pyridine rings is 1. The molecule has 1 aliphatic heterocycles. The van der Waals surface area contributed by atoms with Crippen molar-refractivity contribution in [2.75, 3.05) is 0 Å². The lowest BCUT2D eigenvalue weighted by Crippen LogP contribution is -2.33. The van der Waals surface area contributed by atoms with Crippen LogP contribution in [0, 0.1) is 5.41 Å². The molecule has 6 heteroatoms. The molecule has 0 bridgehead atoms. The van der Waals surface area contributed by atoms with Crippen LogP contribution in [0.1, 0.15) is 48.1 Å². The van der Waals surface area contributed by atoms with Crippen molar-refractivity contribution in [3.63, 3.8) is 0 Å². The van der Waals surface area contributed by atoms with Crippen molar-refractivity contribution in [3.8, 4) is 0 Å². The average Bonchev–Trinajstić information content (AvgIpc) is 3.40. The number of fused-ring (bicyclic) bond motifs is 4. The van der Waals surface area contributed by atoms with Gasteiger partial charge in [0.15, 0.2) is 0 Å². The Balaban J connectivity index is 1.66. The van der Waals surface area contributed by atoms with Gasteiger partial charge in [0.2, 0.25) is 0 Å². The van der Waals surface area contributed by atoms with Crippen molar-refractivity contribution in [3.05, 3.63) is 63.6 Å². The second-order valence-electron chi connectivity index (χ2n) is 7.15. The number of carboxylic acids is 1. The summed E-state index contributed by atoms with van der Waals surface area (Å²) in [5.41, 5.74) is 2.29. The molecule has 3 heterocycles. The Morgan fingerprint density at radius 2 is 2.23 bits per heavy atom. The molecule has 130 valence electrons. The summed E-state index contributed by atoms with van der Waals surface area (Å²) in [6.07, 6.45) is 9.99. The summed E-state index contributed by atoms with van der Waals surface area (Å²) in [7, 11) is 0. The monoisotopic (exact) mass is 347 g/mol. The second-order valence-corrected chi connectivity index (χ2v) is 7.15. The third-order valence-electron chi connectivity index (χ3n) is 5.63. The lowest BCUT2D eigenvalue weighted by molar-refractivity contribution is -0.141. The van der Waals surface area contributed by atoms with Crippen LogP contribution in [0.2, 0.25) is 0 Å². The molecule has 1 saturated carbocycles. The van der Waals surface area contributed by atoms with E-state index in [1.807, 2.05) is 24.3 Å². The largest absolute Gasteiger partial charge is 0.481 e. The highest BCUT2D eigenvalue weighted by molar-refractivity contribution is 5.85. The third kappa shape index (κ3) is 2.05. The summed E-state index contributed by atoms with van der Waals surface area (Å²) in [5, 5.41) is 9.50. The van der Waals surface area contributed by atoms with Gasteiger partial charge in [0.1, 0.15) is 11.2 Å². The molecule has 2 atom stereocenters. The summed E-state index contributed by atoms with van der Waals surface area (Å²) < 4.78 is 1.59. The van der Waals surface area contributed by atoms with E-state index < -0.39 is 11.4 Å². The zero-order valence-corrected chi connectivity index (χ0v) is 14.1. The first-order chi connectivity index (χ1) is 12.6. The van der Waals surface area contributed by atoms with E-state index in [4.69, 9.17) is 4.98 Å². The number of nitrogens with zero attached hydrogens (tertiary/aromatic N) is 3. The molecule has 3 aliphatic rings. The number of rotatable bonds is 2. The van der Waals surface area contributed by atoms with Gasteiger partial charge in [-0.25, -0.2) is 4.98 Å². The number of aliphatic carboxylic acids is 1. The van der Waals surface area contributed by atoms with Crippen LogP contribution in [0.5, 0.6) is 0 Å². The fourth-order valence-corrected chi connectivity index (χ4v) is 4.14. The Hall–Kier alpha value is -3.02. The van der Waals surface area contributed by atoms with Gasteiger partial charge in [-0.2, -0.15) is 0 Å². The minimum absolute atomic E-state index is 0.0888. The van der Waals surface area contributed by atoms with Gasteiger partial charge < -0.3 is 5.11 Å². The number of allylic oxidation sites excluding steroid dienone is 1. The van der Waals surface area contributed by atoms with E-state index in [1.165, 1.54) is 0 Å². The highest BCUT2D eigenvalue weighted by atomic mass is 16.4. The third-order valence-corrected chi connectivity index (χ3v) is 5.63. The molecule has 5 rings (SSSR count). The molecule has 2 aliphatic carbocycles. The maximum absolute atomic E-state index is 13.1. The van der Waals surface area contributed by atoms with Crippen molar-refractivity contribution in [1.82, 2.24) is 14.5 Å². The van der Waals surface area contributed by atoms with Crippen molar-refractivity contribution in [2.24, 2.45) is 5.41 Å². The van der Waals surface area contributed by atoms with Crippen LogP contribution in [0.3, 0.4) is 0 Å². The minimum Gasteiger partial charge on any atom is -0.481 e. The van der Waals surface area contributed by atoms with Gasteiger partial charge in [-0.1, -0.05) is 12.1 Å². The Bertz CT molecular complexity index is 1050. The van der Waals surface area contributed by atoms with E-state index in [-0.39, 0.29) is 11.6 Å². The molecule has 1 fully saturated rings. The molecule has 2 unspecified atom stereocenters. The van der Waals surface area contributed by atoms with E-state index in [0.717, 1.165) is 29.8 Å². The normalized spacial score (nSPS) is 26.8. The fourth-order valence-electron chi connectivity index (χ4n) is 4.14. The van der Waals surface area contributed by atoms with Crippen LogP contribution in [-0.4, -0.2) is 25.6 Å². The van der Waals surface area contributed by atoms with Gasteiger partial charge in [-0.3, -0.25) is 19.1 Å². The van der Waals surface area contributed by atoms with E-state index in [0.29, 0.717) is 24.2 Å². The molecule has 26 heavy (non-hydrogen) atoms. The molecule has 0 radical (unpaired) electrons. The molecule has 0 aromatic carbocycles. The maximum atomic E-state index is 13.1. The summed E-state index contributed by atoms with van der Waals surface area (Å²) in [4.78, 5) is 33.8. The highest BCUT2D eigenvalue weighted by Crippen LogP contribution is 2.59. The van der Waals surface area contributed by atoms with E-state index in [2.05, 4.69) is 4.98 Å². The topological polar surface area (TPSA) is 85.1 Å². The van der Waals surface area contributed by atoms with Gasteiger partial charge in [-0.05, 0) is 55.5 Å². The van der Waals surface area contributed by atoms with Crippen LogP contribution in [-0.2, 0) is 11.2 Å². The summed E-state index contributed by atoms with van der Waals surface area (Å²) in [6, 6.07) is 5.42. The first-order valence-corrected chi connectivity index (χ1v) is 8.80. The summed E-state index contributed by atoms with van der Waals surface area (Å²) in [6.45, 7) is 0. The van der Waals surface area contributed by atoms with Crippen LogP contribution < -0.4 is 5.56 Å². The number of aromatic nitrogens is 3. The maximum Gasteiger partial charge on any atom is 0.315 e. The minimum atomic E-state index is -0.923. The highest BCUT2D eigenvalue weighted by Gasteiger charge is 2.62. The van der Waals surface area contributed by atoms with Gasteiger partial charge in [0.25, 0.3) is 5.56 Å². The lowest BCUT2D eigenvalue weighted by atomic mass is 9.91. The summed E-state index contributed by atoms with van der Waals surface area (Å²) in [5.74, 6) is -0.313. The predicted molar refractivity (Wildman–Crippen MR) is 96.3 cm³/mol. The van der Waals surface area contributed by atoms with Crippen LogP contribution in [0.25, 0.3) is 17.7 Å². The molecule has 0 saturated heterocycles. The van der Waals surface area contributed by atoms with E-state index in [1.54, 1.807) is 22.9 Å². The molecular weight excluding hydrogens is 330 g/mol. The molecule has 1 N–H and O–H groups in total. The second kappa shape index (κ2) is 5.24. The van der Waals surface area contributed by atoms with Gasteiger partial charge in [0.05, 0.1) is 17.4 Å². The average molecular weight is 347 g/mol. The Kier molecular flexibility index (Phi) is 3.07. The SMILES string of the molecule is O=C(O)C12C=Cc3nc4c(c(=O)n3C1C2)CCCC4=Cc1ccccn1. The molecule has 2 aromatic heterocycles. The van der Waals surface area contributed by atoms with Crippen molar-refractivity contribution in [2.45, 2.75) is 31.7 Å². The Morgan fingerprint density at radius 1 is 1.35 bits per heavy atom. The molecule has 0 spiro atoms. The van der Waals surface area contributed by atoms with Gasteiger partial charge >= 0.3 is 5.97 Å². The number of hydrogen-bond donors (Lipinski definition) is 1. The van der Waals surface area contributed by atoms with Crippen molar-refractivity contribution in [1.29, 1.82) is 0 Å². The molecule has 6 nitrogen and oxygen atoms in total. The zero-order valence-electron chi connectivity index (χ0n) is 14.1.